The molecular formula is C12H21N5O2. The molecule has 1 aliphatic rings. The average molecular weight is 267 g/mol. The van der Waals surface area contributed by atoms with Crippen LogP contribution in [0.5, 0.6) is 0 Å². The predicted octanol–water partition coefficient (Wildman–Crippen LogP) is -0.522. The molecule has 1 fully saturated rings. The van der Waals surface area contributed by atoms with Gasteiger partial charge < -0.3 is 15.4 Å². The molecule has 0 saturated carbocycles. The van der Waals surface area contributed by atoms with Crippen LogP contribution in [0.1, 0.15) is 19.2 Å². The lowest BCUT2D eigenvalue weighted by atomic mass is 10.0. The minimum atomic E-state index is -0.0785. The first-order valence-corrected chi connectivity index (χ1v) is 6.74. The number of aromatic amines is 1. The Morgan fingerprint density at radius 3 is 3.21 bits per heavy atom. The Hall–Kier alpha value is -1.47. The number of H-pyrrole nitrogens is 1. The van der Waals surface area contributed by atoms with Gasteiger partial charge >= 0.3 is 0 Å². The first-order chi connectivity index (χ1) is 9.31. The Bertz CT molecular complexity index is 381. The summed E-state index contributed by atoms with van der Waals surface area (Å²) in [5.74, 6) is 0.843. The Morgan fingerprint density at radius 1 is 1.58 bits per heavy atom. The van der Waals surface area contributed by atoms with Crippen LogP contribution >= 0.6 is 0 Å². The van der Waals surface area contributed by atoms with Gasteiger partial charge in [0.05, 0.1) is 19.1 Å². The zero-order valence-electron chi connectivity index (χ0n) is 11.2. The van der Waals surface area contributed by atoms with Gasteiger partial charge in [-0.15, -0.1) is 0 Å². The molecule has 0 bridgehead atoms. The fourth-order valence-electron chi connectivity index (χ4n) is 2.23. The number of likely N-dealkylation sites (N-methyl/N-ethyl adjacent to an activating group) is 1. The molecule has 2 rings (SSSR count). The molecule has 7 nitrogen and oxygen atoms in total. The third-order valence-corrected chi connectivity index (χ3v) is 3.24. The Morgan fingerprint density at radius 2 is 2.47 bits per heavy atom. The number of carbonyl (C=O) groups is 1. The summed E-state index contributed by atoms with van der Waals surface area (Å²) in [6.07, 6.45) is 3.13. The van der Waals surface area contributed by atoms with Crippen LogP contribution < -0.4 is 10.6 Å². The van der Waals surface area contributed by atoms with Crippen molar-refractivity contribution in [2.75, 3.05) is 26.3 Å². The number of hydrogen-bond acceptors (Lipinski definition) is 5. The summed E-state index contributed by atoms with van der Waals surface area (Å²) in [4.78, 5) is 16.1. The van der Waals surface area contributed by atoms with E-state index in [1.807, 2.05) is 6.92 Å². The smallest absolute Gasteiger partial charge is 0.227 e. The Balaban J connectivity index is 1.66. The van der Waals surface area contributed by atoms with E-state index in [0.717, 1.165) is 25.2 Å². The summed E-state index contributed by atoms with van der Waals surface area (Å²) in [6, 6.07) is 0.138. The van der Waals surface area contributed by atoms with Crippen LogP contribution in [0.4, 0.5) is 0 Å². The highest BCUT2D eigenvalue weighted by atomic mass is 16.5. The number of aryl methyl sites for hydroxylation is 1. The van der Waals surface area contributed by atoms with Gasteiger partial charge in [-0.25, -0.2) is 4.98 Å². The van der Waals surface area contributed by atoms with Gasteiger partial charge in [0.1, 0.15) is 12.2 Å². The van der Waals surface area contributed by atoms with Gasteiger partial charge in [0.15, 0.2) is 0 Å². The largest absolute Gasteiger partial charge is 0.379 e. The van der Waals surface area contributed by atoms with Crippen molar-refractivity contribution in [3.05, 3.63) is 12.2 Å². The lowest BCUT2D eigenvalue weighted by molar-refractivity contribution is -0.125. The van der Waals surface area contributed by atoms with Crippen LogP contribution in [0.2, 0.25) is 0 Å². The zero-order chi connectivity index (χ0) is 13.5. The van der Waals surface area contributed by atoms with Crippen molar-refractivity contribution in [3.8, 4) is 0 Å². The Labute approximate surface area is 112 Å². The van der Waals surface area contributed by atoms with Crippen molar-refractivity contribution in [3.63, 3.8) is 0 Å². The topological polar surface area (TPSA) is 91.9 Å². The number of hydrogen-bond donors (Lipinski definition) is 3. The molecule has 2 heterocycles. The van der Waals surface area contributed by atoms with Gasteiger partial charge in [-0.3, -0.25) is 9.89 Å². The molecule has 2 unspecified atom stereocenters. The van der Waals surface area contributed by atoms with Crippen molar-refractivity contribution in [2.45, 2.75) is 25.8 Å². The number of aromatic nitrogens is 3. The van der Waals surface area contributed by atoms with Crippen molar-refractivity contribution in [2.24, 2.45) is 5.92 Å². The molecule has 1 aromatic heterocycles. The average Bonchev–Trinajstić information content (AvgIpc) is 3.05. The molecule has 0 aliphatic carbocycles. The second-order valence-corrected chi connectivity index (χ2v) is 4.63. The maximum atomic E-state index is 12.0. The monoisotopic (exact) mass is 267 g/mol. The van der Waals surface area contributed by atoms with E-state index in [0.29, 0.717) is 19.8 Å². The highest BCUT2D eigenvalue weighted by Gasteiger charge is 2.32. The van der Waals surface area contributed by atoms with Crippen LogP contribution in [0.25, 0.3) is 0 Å². The molecule has 7 heteroatoms. The van der Waals surface area contributed by atoms with E-state index in [1.54, 1.807) is 0 Å². The molecule has 0 aromatic carbocycles. The maximum absolute atomic E-state index is 12.0. The second kappa shape index (κ2) is 7.20. The Kier molecular flexibility index (Phi) is 5.29. The summed E-state index contributed by atoms with van der Waals surface area (Å²) in [7, 11) is 0. The third-order valence-electron chi connectivity index (χ3n) is 3.24. The molecule has 0 spiro atoms. The van der Waals surface area contributed by atoms with E-state index in [9.17, 15) is 4.79 Å². The highest BCUT2D eigenvalue weighted by Crippen LogP contribution is 2.13. The molecule has 0 radical (unpaired) electrons. The van der Waals surface area contributed by atoms with Crippen LogP contribution in [0.15, 0.2) is 6.33 Å². The van der Waals surface area contributed by atoms with Crippen molar-refractivity contribution < 1.29 is 9.53 Å². The lowest BCUT2D eigenvalue weighted by Crippen LogP contribution is -2.44. The maximum Gasteiger partial charge on any atom is 0.227 e. The SMILES string of the molecule is CCNC1COCC1C(=O)NCCCc1ncn[nH]1. The van der Waals surface area contributed by atoms with Crippen molar-refractivity contribution >= 4 is 5.91 Å². The molecule has 1 amide bonds. The lowest BCUT2D eigenvalue weighted by Gasteiger charge is -2.17. The molecule has 19 heavy (non-hydrogen) atoms. The number of ether oxygens (including phenoxy) is 1. The van der Waals surface area contributed by atoms with E-state index in [4.69, 9.17) is 4.74 Å². The van der Waals surface area contributed by atoms with E-state index in [1.165, 1.54) is 6.33 Å². The molecule has 1 aromatic rings. The van der Waals surface area contributed by atoms with Gasteiger partial charge in [0.25, 0.3) is 0 Å². The number of amides is 1. The van der Waals surface area contributed by atoms with Gasteiger partial charge in [-0.2, -0.15) is 5.10 Å². The van der Waals surface area contributed by atoms with Gasteiger partial charge in [-0.1, -0.05) is 6.92 Å². The van der Waals surface area contributed by atoms with E-state index >= 15 is 0 Å². The van der Waals surface area contributed by atoms with Gasteiger partial charge in [0.2, 0.25) is 5.91 Å². The summed E-state index contributed by atoms with van der Waals surface area (Å²) in [5.41, 5.74) is 0. The number of rotatable bonds is 7. The minimum absolute atomic E-state index is 0.0704. The fraction of sp³-hybridized carbons (Fsp3) is 0.750. The molecule has 1 aliphatic heterocycles. The predicted molar refractivity (Wildman–Crippen MR) is 69.5 cm³/mol. The van der Waals surface area contributed by atoms with Crippen LogP contribution in [0.3, 0.4) is 0 Å². The number of carbonyl (C=O) groups excluding carboxylic acids is 1. The second-order valence-electron chi connectivity index (χ2n) is 4.63. The molecule has 1 saturated heterocycles. The first-order valence-electron chi connectivity index (χ1n) is 6.74. The standard InChI is InChI=1S/C12H21N5O2/c1-2-13-10-7-19-6-9(10)12(18)14-5-3-4-11-15-8-16-17-11/h8-10,13H,2-7H2,1H3,(H,14,18)(H,15,16,17). The van der Waals surface area contributed by atoms with E-state index < -0.39 is 0 Å². The number of nitrogens with one attached hydrogen (secondary N) is 3. The molecule has 106 valence electrons. The van der Waals surface area contributed by atoms with Crippen LogP contribution in [-0.4, -0.2) is 53.4 Å². The highest BCUT2D eigenvalue weighted by molar-refractivity contribution is 5.79. The third kappa shape index (κ3) is 4.00. The first kappa shape index (κ1) is 14.0. The normalized spacial score (nSPS) is 22.6. The van der Waals surface area contributed by atoms with Crippen molar-refractivity contribution in [1.29, 1.82) is 0 Å². The summed E-state index contributed by atoms with van der Waals surface area (Å²) in [5, 5.41) is 12.8. The molecular weight excluding hydrogens is 246 g/mol. The van der Waals surface area contributed by atoms with Crippen LogP contribution in [-0.2, 0) is 16.0 Å². The van der Waals surface area contributed by atoms with Gasteiger partial charge in [-0.05, 0) is 13.0 Å². The number of nitrogens with zero attached hydrogens (tertiary/aromatic N) is 2. The summed E-state index contributed by atoms with van der Waals surface area (Å²) >= 11 is 0. The van der Waals surface area contributed by atoms with Crippen molar-refractivity contribution in [1.82, 2.24) is 25.8 Å². The van der Waals surface area contributed by atoms with E-state index in [-0.39, 0.29) is 17.9 Å². The minimum Gasteiger partial charge on any atom is -0.379 e. The molecule has 3 N–H and O–H groups in total. The molecule has 2 atom stereocenters. The fourth-order valence-corrected chi connectivity index (χ4v) is 2.23. The zero-order valence-corrected chi connectivity index (χ0v) is 11.2. The summed E-state index contributed by atoms with van der Waals surface area (Å²) in [6.45, 7) is 4.65. The van der Waals surface area contributed by atoms with Gasteiger partial charge in [0, 0.05) is 19.0 Å². The summed E-state index contributed by atoms with van der Waals surface area (Å²) < 4.78 is 5.36. The van der Waals surface area contributed by atoms with Crippen LogP contribution in [0, 0.1) is 5.92 Å². The quantitative estimate of drug-likeness (QED) is 0.578. The van der Waals surface area contributed by atoms with E-state index in [2.05, 4.69) is 25.8 Å².